The highest BCUT2D eigenvalue weighted by atomic mass is 16.3. The summed E-state index contributed by atoms with van der Waals surface area (Å²) >= 11 is 0. The van der Waals surface area contributed by atoms with E-state index >= 15 is 0 Å². The van der Waals surface area contributed by atoms with E-state index in [9.17, 15) is 5.11 Å². The second-order valence-electron chi connectivity index (χ2n) is 6.05. The first kappa shape index (κ1) is 12.4. The maximum absolute atomic E-state index is 9.45. The van der Waals surface area contributed by atoms with E-state index < -0.39 is 0 Å². The van der Waals surface area contributed by atoms with E-state index in [1.807, 2.05) is 0 Å². The summed E-state index contributed by atoms with van der Waals surface area (Å²) < 4.78 is 0. The van der Waals surface area contributed by atoms with Crippen molar-refractivity contribution in [3.05, 3.63) is 0 Å². The summed E-state index contributed by atoms with van der Waals surface area (Å²) in [5.41, 5.74) is 0. The second kappa shape index (κ2) is 6.02. The molecule has 2 fully saturated rings. The summed E-state index contributed by atoms with van der Waals surface area (Å²) in [7, 11) is 0. The first-order valence-electron chi connectivity index (χ1n) is 7.15. The zero-order chi connectivity index (χ0) is 11.4. The highest BCUT2D eigenvalue weighted by molar-refractivity contribution is 4.79. The number of aliphatic hydroxyl groups is 1. The molecule has 2 rings (SSSR count). The van der Waals surface area contributed by atoms with E-state index in [1.165, 1.54) is 45.1 Å². The van der Waals surface area contributed by atoms with Crippen molar-refractivity contribution >= 4 is 0 Å². The molecule has 2 N–H and O–H groups in total. The lowest BCUT2D eigenvalue weighted by Gasteiger charge is -2.31. The lowest BCUT2D eigenvalue weighted by atomic mass is 9.82. The van der Waals surface area contributed by atoms with E-state index in [0.717, 1.165) is 24.7 Å². The van der Waals surface area contributed by atoms with Crippen LogP contribution < -0.4 is 5.32 Å². The number of hydrogen-bond donors (Lipinski definition) is 2. The number of rotatable bonds is 3. The van der Waals surface area contributed by atoms with Crippen LogP contribution in [-0.4, -0.2) is 23.8 Å². The summed E-state index contributed by atoms with van der Waals surface area (Å²) in [6, 6.07) is 0.681. The maximum Gasteiger partial charge on any atom is 0.0541 e. The van der Waals surface area contributed by atoms with Crippen LogP contribution in [-0.2, 0) is 0 Å². The molecule has 0 aromatic carbocycles. The minimum atomic E-state index is -0.0206. The van der Waals surface area contributed by atoms with E-state index in [0.29, 0.717) is 6.04 Å². The molecule has 0 bridgehead atoms. The van der Waals surface area contributed by atoms with E-state index in [4.69, 9.17) is 0 Å². The molecular formula is C14H27NO. The normalized spacial score (nSPS) is 40.9. The van der Waals surface area contributed by atoms with Gasteiger partial charge < -0.3 is 10.4 Å². The van der Waals surface area contributed by atoms with E-state index in [2.05, 4.69) is 12.2 Å². The van der Waals surface area contributed by atoms with Gasteiger partial charge in [-0.05, 0) is 56.9 Å². The monoisotopic (exact) mass is 225 g/mol. The van der Waals surface area contributed by atoms with Gasteiger partial charge in [0.1, 0.15) is 0 Å². The Bertz CT molecular complexity index is 199. The van der Waals surface area contributed by atoms with Gasteiger partial charge in [-0.2, -0.15) is 0 Å². The van der Waals surface area contributed by atoms with E-state index in [-0.39, 0.29) is 6.10 Å². The molecule has 0 saturated heterocycles. The zero-order valence-electron chi connectivity index (χ0n) is 10.6. The molecule has 2 aliphatic carbocycles. The number of aliphatic hydroxyl groups excluding tert-OH is 1. The molecule has 2 aliphatic rings. The standard InChI is InChI=1S/C14H27NO/c1-11-3-2-4-12(9-11)10-15-13-5-7-14(16)8-6-13/h11-16H,2-10H2,1H3. The maximum atomic E-state index is 9.45. The fraction of sp³-hybridized carbons (Fsp3) is 1.00. The molecule has 0 aliphatic heterocycles. The first-order valence-corrected chi connectivity index (χ1v) is 7.15. The van der Waals surface area contributed by atoms with Crippen LogP contribution >= 0.6 is 0 Å². The van der Waals surface area contributed by atoms with Crippen molar-refractivity contribution in [3.63, 3.8) is 0 Å². The lowest BCUT2D eigenvalue weighted by Crippen LogP contribution is -2.38. The van der Waals surface area contributed by atoms with Crippen LogP contribution in [0.5, 0.6) is 0 Å². The predicted octanol–water partition coefficient (Wildman–Crippen LogP) is 2.71. The molecule has 0 aromatic rings. The summed E-state index contributed by atoms with van der Waals surface area (Å²) in [4.78, 5) is 0. The Kier molecular flexibility index (Phi) is 4.66. The fourth-order valence-corrected chi connectivity index (χ4v) is 3.36. The smallest absolute Gasteiger partial charge is 0.0541 e. The molecule has 16 heavy (non-hydrogen) atoms. The van der Waals surface area contributed by atoms with Gasteiger partial charge in [-0.3, -0.25) is 0 Å². The SMILES string of the molecule is CC1CCCC(CNC2CCC(O)CC2)C1. The largest absolute Gasteiger partial charge is 0.393 e. The van der Waals surface area contributed by atoms with Gasteiger partial charge in [0.25, 0.3) is 0 Å². The van der Waals surface area contributed by atoms with Gasteiger partial charge in [-0.15, -0.1) is 0 Å². The Balaban J connectivity index is 1.63. The summed E-state index contributed by atoms with van der Waals surface area (Å²) in [6.07, 6.45) is 10.0. The molecule has 2 heteroatoms. The van der Waals surface area contributed by atoms with Crippen molar-refractivity contribution in [2.24, 2.45) is 11.8 Å². The molecular weight excluding hydrogens is 198 g/mol. The lowest BCUT2D eigenvalue weighted by molar-refractivity contribution is 0.114. The van der Waals surface area contributed by atoms with Gasteiger partial charge in [-0.1, -0.05) is 19.8 Å². The highest BCUT2D eigenvalue weighted by Crippen LogP contribution is 2.28. The molecule has 0 heterocycles. The van der Waals surface area contributed by atoms with Gasteiger partial charge in [0.2, 0.25) is 0 Å². The zero-order valence-corrected chi connectivity index (χ0v) is 10.6. The van der Waals surface area contributed by atoms with Gasteiger partial charge in [0, 0.05) is 6.04 Å². The third-order valence-corrected chi connectivity index (χ3v) is 4.44. The van der Waals surface area contributed by atoms with Gasteiger partial charge in [-0.25, -0.2) is 0 Å². The average Bonchev–Trinajstić information content (AvgIpc) is 2.28. The third kappa shape index (κ3) is 3.74. The molecule has 2 saturated carbocycles. The Morgan fingerprint density at radius 3 is 2.50 bits per heavy atom. The number of hydrogen-bond acceptors (Lipinski definition) is 2. The molecule has 0 spiro atoms. The molecule has 0 radical (unpaired) electrons. The third-order valence-electron chi connectivity index (χ3n) is 4.44. The van der Waals surface area contributed by atoms with Crippen molar-refractivity contribution in [2.45, 2.75) is 70.4 Å². The molecule has 0 amide bonds. The van der Waals surface area contributed by atoms with Crippen LogP contribution in [0.3, 0.4) is 0 Å². The molecule has 2 atom stereocenters. The summed E-state index contributed by atoms with van der Waals surface area (Å²) in [6.45, 7) is 3.61. The van der Waals surface area contributed by atoms with Gasteiger partial charge >= 0.3 is 0 Å². The van der Waals surface area contributed by atoms with Crippen LogP contribution in [0.25, 0.3) is 0 Å². The fourth-order valence-electron chi connectivity index (χ4n) is 3.36. The van der Waals surface area contributed by atoms with Crippen molar-refractivity contribution in [1.82, 2.24) is 5.32 Å². The Hall–Kier alpha value is -0.0800. The molecule has 94 valence electrons. The molecule has 2 nitrogen and oxygen atoms in total. The van der Waals surface area contributed by atoms with Crippen molar-refractivity contribution in [1.29, 1.82) is 0 Å². The molecule has 2 unspecified atom stereocenters. The van der Waals surface area contributed by atoms with Crippen LogP contribution in [0.1, 0.15) is 58.3 Å². The van der Waals surface area contributed by atoms with Crippen LogP contribution in [0.15, 0.2) is 0 Å². The topological polar surface area (TPSA) is 32.3 Å². The quantitative estimate of drug-likeness (QED) is 0.774. The highest BCUT2D eigenvalue weighted by Gasteiger charge is 2.22. The second-order valence-corrected chi connectivity index (χ2v) is 6.05. The van der Waals surface area contributed by atoms with Crippen LogP contribution in [0, 0.1) is 11.8 Å². The van der Waals surface area contributed by atoms with Crippen molar-refractivity contribution in [3.8, 4) is 0 Å². The van der Waals surface area contributed by atoms with Crippen LogP contribution in [0.4, 0.5) is 0 Å². The summed E-state index contributed by atoms with van der Waals surface area (Å²) in [5.74, 6) is 1.85. The summed E-state index contributed by atoms with van der Waals surface area (Å²) in [5, 5.41) is 13.2. The Morgan fingerprint density at radius 1 is 1.06 bits per heavy atom. The van der Waals surface area contributed by atoms with Crippen molar-refractivity contribution in [2.75, 3.05) is 6.54 Å². The average molecular weight is 225 g/mol. The predicted molar refractivity (Wildman–Crippen MR) is 67.4 cm³/mol. The number of nitrogens with one attached hydrogen (secondary N) is 1. The van der Waals surface area contributed by atoms with Gasteiger partial charge in [0.15, 0.2) is 0 Å². The first-order chi connectivity index (χ1) is 7.74. The minimum absolute atomic E-state index is 0.0206. The van der Waals surface area contributed by atoms with Gasteiger partial charge in [0.05, 0.1) is 6.10 Å². The minimum Gasteiger partial charge on any atom is -0.393 e. The van der Waals surface area contributed by atoms with Crippen LogP contribution in [0.2, 0.25) is 0 Å². The Morgan fingerprint density at radius 2 is 1.81 bits per heavy atom. The van der Waals surface area contributed by atoms with E-state index in [1.54, 1.807) is 0 Å². The van der Waals surface area contributed by atoms with Crippen molar-refractivity contribution < 1.29 is 5.11 Å². The molecule has 0 aromatic heterocycles. The Labute approximate surface area is 99.8 Å².